The zero-order valence-corrected chi connectivity index (χ0v) is 11.5. The SMILES string of the molecule is CCCc1nc(-c2c(C)oc(C)c2C)oc1C(=O)O. The van der Waals surface area contributed by atoms with Gasteiger partial charge in [0.2, 0.25) is 11.7 Å². The summed E-state index contributed by atoms with van der Waals surface area (Å²) in [5, 5.41) is 9.14. The van der Waals surface area contributed by atoms with Crippen LogP contribution in [-0.4, -0.2) is 16.1 Å². The van der Waals surface area contributed by atoms with E-state index in [2.05, 4.69) is 4.98 Å². The van der Waals surface area contributed by atoms with Gasteiger partial charge in [-0.2, -0.15) is 0 Å². The zero-order chi connectivity index (χ0) is 14.2. The van der Waals surface area contributed by atoms with E-state index in [1.165, 1.54) is 0 Å². The average molecular weight is 263 g/mol. The number of carbonyl (C=O) groups is 1. The minimum absolute atomic E-state index is 0.0745. The number of oxazole rings is 1. The van der Waals surface area contributed by atoms with Crippen molar-refractivity contribution in [3.8, 4) is 11.5 Å². The summed E-state index contributed by atoms with van der Waals surface area (Å²) in [5.41, 5.74) is 2.17. The second-order valence-corrected chi connectivity index (χ2v) is 4.56. The Kier molecular flexibility index (Phi) is 3.46. The Morgan fingerprint density at radius 1 is 1.21 bits per heavy atom. The van der Waals surface area contributed by atoms with Crippen molar-refractivity contribution in [1.82, 2.24) is 4.98 Å². The van der Waals surface area contributed by atoms with Gasteiger partial charge in [-0.15, -0.1) is 0 Å². The summed E-state index contributed by atoms with van der Waals surface area (Å²) < 4.78 is 10.9. The van der Waals surface area contributed by atoms with Gasteiger partial charge in [-0.1, -0.05) is 13.3 Å². The first-order chi connectivity index (χ1) is 8.95. The molecular weight excluding hydrogens is 246 g/mol. The lowest BCUT2D eigenvalue weighted by Gasteiger charge is -1.93. The summed E-state index contributed by atoms with van der Waals surface area (Å²) in [4.78, 5) is 15.5. The van der Waals surface area contributed by atoms with Crippen LogP contribution in [0.5, 0.6) is 0 Å². The normalized spacial score (nSPS) is 10.9. The number of carboxylic acid groups (broad SMARTS) is 1. The Bertz CT molecular complexity index is 622. The number of furan rings is 1. The molecule has 2 aromatic heterocycles. The minimum atomic E-state index is -1.09. The topological polar surface area (TPSA) is 76.5 Å². The van der Waals surface area contributed by atoms with Gasteiger partial charge in [0.15, 0.2) is 0 Å². The highest BCUT2D eigenvalue weighted by Crippen LogP contribution is 2.32. The molecule has 0 spiro atoms. The van der Waals surface area contributed by atoms with Crippen molar-refractivity contribution in [2.24, 2.45) is 0 Å². The molecule has 1 N–H and O–H groups in total. The standard InChI is InChI=1S/C14H17NO4/c1-5-6-10-12(14(16)17)19-13(15-10)11-7(2)8(3)18-9(11)4/h5-6H2,1-4H3,(H,16,17). The van der Waals surface area contributed by atoms with Gasteiger partial charge in [0, 0.05) is 5.56 Å². The van der Waals surface area contributed by atoms with Crippen molar-refractivity contribution in [3.05, 3.63) is 28.5 Å². The number of aromatic nitrogens is 1. The predicted molar refractivity (Wildman–Crippen MR) is 69.4 cm³/mol. The molecule has 19 heavy (non-hydrogen) atoms. The average Bonchev–Trinajstić information content (AvgIpc) is 2.83. The van der Waals surface area contributed by atoms with Crippen LogP contribution in [0.15, 0.2) is 8.83 Å². The van der Waals surface area contributed by atoms with E-state index in [4.69, 9.17) is 13.9 Å². The molecule has 0 fully saturated rings. The maximum Gasteiger partial charge on any atom is 0.373 e. The van der Waals surface area contributed by atoms with E-state index in [0.717, 1.165) is 23.3 Å². The summed E-state index contributed by atoms with van der Waals surface area (Å²) in [5.74, 6) is 0.649. The van der Waals surface area contributed by atoms with E-state index in [1.807, 2.05) is 27.7 Å². The summed E-state index contributed by atoms with van der Waals surface area (Å²) in [6.07, 6.45) is 1.40. The molecule has 0 aromatic carbocycles. The fraction of sp³-hybridized carbons (Fsp3) is 0.429. The highest BCUT2D eigenvalue weighted by Gasteiger charge is 2.23. The molecule has 2 aromatic rings. The lowest BCUT2D eigenvalue weighted by molar-refractivity contribution is 0.0661. The Labute approximate surface area is 111 Å². The van der Waals surface area contributed by atoms with Crippen LogP contribution in [0.4, 0.5) is 0 Å². The van der Waals surface area contributed by atoms with Crippen LogP contribution in [0.2, 0.25) is 0 Å². The van der Waals surface area contributed by atoms with Gasteiger partial charge < -0.3 is 13.9 Å². The van der Waals surface area contributed by atoms with Gasteiger partial charge in [0.25, 0.3) is 0 Å². The Hall–Kier alpha value is -2.04. The van der Waals surface area contributed by atoms with Gasteiger partial charge in [-0.05, 0) is 27.2 Å². The predicted octanol–water partition coefficient (Wildman–Crippen LogP) is 3.51. The molecule has 0 radical (unpaired) electrons. The molecule has 0 aliphatic heterocycles. The van der Waals surface area contributed by atoms with E-state index in [-0.39, 0.29) is 5.76 Å². The van der Waals surface area contributed by atoms with Crippen molar-refractivity contribution in [2.75, 3.05) is 0 Å². The Balaban J connectivity index is 2.57. The van der Waals surface area contributed by atoms with Crippen LogP contribution in [0.1, 0.15) is 46.7 Å². The maximum atomic E-state index is 11.2. The van der Waals surface area contributed by atoms with E-state index < -0.39 is 5.97 Å². The number of aromatic carboxylic acids is 1. The smallest absolute Gasteiger partial charge is 0.373 e. The monoisotopic (exact) mass is 263 g/mol. The fourth-order valence-corrected chi connectivity index (χ4v) is 2.14. The van der Waals surface area contributed by atoms with Gasteiger partial charge in [-0.25, -0.2) is 9.78 Å². The van der Waals surface area contributed by atoms with Gasteiger partial charge in [0.05, 0.1) is 11.3 Å². The lowest BCUT2D eigenvalue weighted by Crippen LogP contribution is -1.99. The molecule has 2 rings (SSSR count). The second-order valence-electron chi connectivity index (χ2n) is 4.56. The molecule has 0 saturated heterocycles. The summed E-state index contributed by atoms with van der Waals surface area (Å²) >= 11 is 0. The van der Waals surface area contributed by atoms with Crippen LogP contribution in [0.3, 0.4) is 0 Å². The molecule has 0 saturated carbocycles. The molecule has 0 bridgehead atoms. The van der Waals surface area contributed by atoms with E-state index in [9.17, 15) is 4.79 Å². The Morgan fingerprint density at radius 3 is 2.37 bits per heavy atom. The van der Waals surface area contributed by atoms with Gasteiger partial charge >= 0.3 is 5.97 Å². The highest BCUT2D eigenvalue weighted by molar-refractivity contribution is 5.86. The lowest BCUT2D eigenvalue weighted by atomic mass is 10.1. The number of rotatable bonds is 4. The van der Waals surface area contributed by atoms with Crippen LogP contribution in [0, 0.1) is 20.8 Å². The van der Waals surface area contributed by atoms with Crippen molar-refractivity contribution in [3.63, 3.8) is 0 Å². The fourth-order valence-electron chi connectivity index (χ4n) is 2.14. The zero-order valence-electron chi connectivity index (χ0n) is 11.5. The molecule has 5 nitrogen and oxygen atoms in total. The van der Waals surface area contributed by atoms with Crippen molar-refractivity contribution >= 4 is 5.97 Å². The molecule has 0 unspecified atom stereocenters. The molecular formula is C14H17NO4. The number of hydrogen-bond donors (Lipinski definition) is 1. The molecule has 0 amide bonds. The van der Waals surface area contributed by atoms with Gasteiger partial charge in [0.1, 0.15) is 11.5 Å². The summed E-state index contributed by atoms with van der Waals surface area (Å²) in [6.45, 7) is 7.56. The third-order valence-corrected chi connectivity index (χ3v) is 3.15. The molecule has 2 heterocycles. The quantitative estimate of drug-likeness (QED) is 0.913. The number of nitrogens with zero attached hydrogens (tertiary/aromatic N) is 1. The molecule has 102 valence electrons. The van der Waals surface area contributed by atoms with Crippen molar-refractivity contribution in [2.45, 2.75) is 40.5 Å². The van der Waals surface area contributed by atoms with Crippen LogP contribution >= 0.6 is 0 Å². The van der Waals surface area contributed by atoms with Crippen LogP contribution in [0.25, 0.3) is 11.5 Å². The van der Waals surface area contributed by atoms with Crippen LogP contribution < -0.4 is 0 Å². The second kappa shape index (κ2) is 4.91. The first-order valence-corrected chi connectivity index (χ1v) is 6.25. The first-order valence-electron chi connectivity index (χ1n) is 6.25. The summed E-state index contributed by atoms with van der Waals surface area (Å²) in [6, 6.07) is 0. The van der Waals surface area contributed by atoms with E-state index >= 15 is 0 Å². The minimum Gasteiger partial charge on any atom is -0.475 e. The third kappa shape index (κ3) is 2.28. The number of carboxylic acids is 1. The van der Waals surface area contributed by atoms with Crippen molar-refractivity contribution < 1.29 is 18.7 Å². The Morgan fingerprint density at radius 2 is 1.89 bits per heavy atom. The van der Waals surface area contributed by atoms with E-state index in [0.29, 0.717) is 23.8 Å². The first kappa shape index (κ1) is 13.4. The number of aryl methyl sites for hydroxylation is 3. The molecule has 0 aliphatic rings. The number of hydrogen-bond acceptors (Lipinski definition) is 4. The summed E-state index contributed by atoms with van der Waals surface area (Å²) in [7, 11) is 0. The van der Waals surface area contributed by atoms with Gasteiger partial charge in [-0.3, -0.25) is 0 Å². The van der Waals surface area contributed by atoms with Crippen LogP contribution in [-0.2, 0) is 6.42 Å². The molecule has 0 aliphatic carbocycles. The van der Waals surface area contributed by atoms with E-state index in [1.54, 1.807) is 0 Å². The van der Waals surface area contributed by atoms with Crippen molar-refractivity contribution in [1.29, 1.82) is 0 Å². The maximum absolute atomic E-state index is 11.2. The third-order valence-electron chi connectivity index (χ3n) is 3.15. The molecule has 0 atom stereocenters. The highest BCUT2D eigenvalue weighted by atomic mass is 16.4. The molecule has 5 heteroatoms. The largest absolute Gasteiger partial charge is 0.475 e.